The topological polar surface area (TPSA) is 79.4 Å². The van der Waals surface area contributed by atoms with Gasteiger partial charge >= 0.3 is 0 Å². The van der Waals surface area contributed by atoms with Crippen molar-refractivity contribution < 1.29 is 13.2 Å². The maximum atomic E-state index is 13.0. The average molecular weight is 414 g/mol. The van der Waals surface area contributed by atoms with Gasteiger partial charge in [0, 0.05) is 13.1 Å². The van der Waals surface area contributed by atoms with E-state index in [1.165, 1.54) is 17.7 Å². The minimum Gasteiger partial charge on any atom is -0.333 e. The van der Waals surface area contributed by atoms with Crippen LogP contribution >= 0.6 is 11.3 Å². The van der Waals surface area contributed by atoms with Crippen molar-refractivity contribution in [3.05, 3.63) is 76.3 Å². The number of nitrogens with zero attached hydrogens (tertiary/aromatic N) is 2. The summed E-state index contributed by atoms with van der Waals surface area (Å²) in [5.41, 5.74) is 2.94. The molecule has 0 spiro atoms. The number of aryl methyl sites for hydroxylation is 1. The molecule has 3 aromatic rings. The molecule has 28 heavy (non-hydrogen) atoms. The molecule has 0 saturated heterocycles. The van der Waals surface area contributed by atoms with Gasteiger partial charge in [-0.2, -0.15) is 0 Å². The van der Waals surface area contributed by atoms with E-state index in [4.69, 9.17) is 0 Å². The number of rotatable bonds is 4. The van der Waals surface area contributed by atoms with Gasteiger partial charge in [0.2, 0.25) is 0 Å². The molecule has 144 valence electrons. The van der Waals surface area contributed by atoms with Gasteiger partial charge in [0.05, 0.1) is 10.6 Å². The average Bonchev–Trinajstić information content (AvgIpc) is 3.07. The minimum absolute atomic E-state index is 0.116. The molecule has 8 heteroatoms. The Morgan fingerprint density at radius 2 is 1.75 bits per heavy atom. The zero-order valence-corrected chi connectivity index (χ0v) is 16.9. The van der Waals surface area contributed by atoms with Gasteiger partial charge < -0.3 is 4.90 Å². The predicted molar refractivity (Wildman–Crippen MR) is 109 cm³/mol. The molecule has 0 fully saturated rings. The Kier molecular flexibility index (Phi) is 4.91. The van der Waals surface area contributed by atoms with Crippen molar-refractivity contribution in [3.63, 3.8) is 0 Å². The fourth-order valence-corrected chi connectivity index (χ4v) is 5.41. The molecule has 2 heterocycles. The van der Waals surface area contributed by atoms with Crippen LogP contribution in [0, 0.1) is 6.92 Å². The lowest BCUT2D eigenvalue weighted by molar-refractivity contribution is 0.0738. The third-order valence-electron chi connectivity index (χ3n) is 4.68. The van der Waals surface area contributed by atoms with E-state index in [9.17, 15) is 13.2 Å². The third-order valence-corrected chi connectivity index (χ3v) is 7.23. The standard InChI is InChI=1S/C20H19N3O3S2/c1-14-18(19(24)23-12-11-15-7-5-6-8-16(15)13-23)27-20(21-14)22-28(25,26)17-9-3-2-4-10-17/h2-10H,11-13H2,1H3,(H,21,22). The van der Waals surface area contributed by atoms with Crippen LogP contribution in [0.3, 0.4) is 0 Å². The molecule has 1 aliphatic rings. The lowest BCUT2D eigenvalue weighted by Crippen LogP contribution is -2.35. The zero-order chi connectivity index (χ0) is 19.7. The molecule has 1 aromatic heterocycles. The number of benzene rings is 2. The van der Waals surface area contributed by atoms with E-state index in [0.29, 0.717) is 23.7 Å². The largest absolute Gasteiger partial charge is 0.333 e. The molecule has 0 saturated carbocycles. The van der Waals surface area contributed by atoms with Crippen LogP contribution in [0.1, 0.15) is 26.5 Å². The van der Waals surface area contributed by atoms with E-state index >= 15 is 0 Å². The van der Waals surface area contributed by atoms with Crippen molar-refractivity contribution in [1.82, 2.24) is 9.88 Å². The number of hydrogen-bond donors (Lipinski definition) is 1. The summed E-state index contributed by atoms with van der Waals surface area (Å²) in [5.74, 6) is -0.116. The fourth-order valence-electron chi connectivity index (χ4n) is 3.22. The number of nitrogens with one attached hydrogen (secondary N) is 1. The zero-order valence-electron chi connectivity index (χ0n) is 15.3. The van der Waals surface area contributed by atoms with Crippen LogP contribution in [-0.4, -0.2) is 30.8 Å². The Hall–Kier alpha value is -2.71. The quantitative estimate of drug-likeness (QED) is 0.710. The number of sulfonamides is 1. The number of aromatic nitrogens is 1. The smallest absolute Gasteiger partial charge is 0.266 e. The van der Waals surface area contributed by atoms with Crippen LogP contribution < -0.4 is 4.72 Å². The van der Waals surface area contributed by atoms with Crippen LogP contribution in [-0.2, 0) is 23.0 Å². The van der Waals surface area contributed by atoms with E-state index in [2.05, 4.69) is 15.8 Å². The Labute approximate surface area is 167 Å². The number of fused-ring (bicyclic) bond motifs is 1. The van der Waals surface area contributed by atoms with E-state index in [0.717, 1.165) is 23.3 Å². The van der Waals surface area contributed by atoms with Crippen molar-refractivity contribution in [2.45, 2.75) is 24.8 Å². The third kappa shape index (κ3) is 3.65. The summed E-state index contributed by atoms with van der Waals surface area (Å²) in [7, 11) is -3.73. The monoisotopic (exact) mass is 413 g/mol. The molecule has 6 nitrogen and oxygen atoms in total. The van der Waals surface area contributed by atoms with E-state index in [1.54, 1.807) is 30.0 Å². The maximum absolute atomic E-state index is 13.0. The van der Waals surface area contributed by atoms with Crippen molar-refractivity contribution in [1.29, 1.82) is 0 Å². The molecule has 0 atom stereocenters. The van der Waals surface area contributed by atoms with Gasteiger partial charge in [-0.1, -0.05) is 53.8 Å². The first-order valence-electron chi connectivity index (χ1n) is 8.85. The lowest BCUT2D eigenvalue weighted by atomic mass is 10.00. The summed E-state index contributed by atoms with van der Waals surface area (Å²) >= 11 is 1.07. The van der Waals surface area contributed by atoms with Crippen LogP contribution in [0.15, 0.2) is 59.5 Å². The summed E-state index contributed by atoms with van der Waals surface area (Å²) in [5, 5.41) is 0.196. The highest BCUT2D eigenvalue weighted by atomic mass is 32.2. The Balaban J connectivity index is 1.54. The molecule has 1 aliphatic heterocycles. The summed E-state index contributed by atoms with van der Waals surface area (Å²) in [6.45, 7) is 2.91. The highest BCUT2D eigenvalue weighted by Gasteiger charge is 2.26. The molecular weight excluding hydrogens is 394 g/mol. The predicted octanol–water partition coefficient (Wildman–Crippen LogP) is 3.45. The normalized spacial score (nSPS) is 13.8. The molecule has 0 bridgehead atoms. The van der Waals surface area contributed by atoms with Crippen molar-refractivity contribution in [3.8, 4) is 0 Å². The van der Waals surface area contributed by atoms with Gasteiger partial charge in [0.25, 0.3) is 15.9 Å². The van der Waals surface area contributed by atoms with Crippen molar-refractivity contribution >= 4 is 32.4 Å². The number of carbonyl (C=O) groups excluding carboxylic acids is 1. The lowest BCUT2D eigenvalue weighted by Gasteiger charge is -2.28. The Morgan fingerprint density at radius 3 is 2.50 bits per heavy atom. The van der Waals surface area contributed by atoms with Crippen molar-refractivity contribution in [2.75, 3.05) is 11.3 Å². The molecule has 0 aliphatic carbocycles. The highest BCUT2D eigenvalue weighted by Crippen LogP contribution is 2.28. The minimum atomic E-state index is -3.73. The summed E-state index contributed by atoms with van der Waals surface area (Å²) in [6, 6.07) is 16.2. The van der Waals surface area contributed by atoms with Crippen molar-refractivity contribution in [2.24, 2.45) is 0 Å². The van der Waals surface area contributed by atoms with Crippen LogP contribution in [0.5, 0.6) is 0 Å². The van der Waals surface area contributed by atoms with Crippen LogP contribution in [0.25, 0.3) is 0 Å². The molecule has 0 radical (unpaired) electrons. The molecule has 1 N–H and O–H groups in total. The van der Waals surface area contributed by atoms with Crippen LogP contribution in [0.2, 0.25) is 0 Å². The molecule has 2 aromatic carbocycles. The molecular formula is C20H19N3O3S2. The van der Waals surface area contributed by atoms with E-state index in [1.807, 2.05) is 18.2 Å². The first-order chi connectivity index (χ1) is 13.4. The van der Waals surface area contributed by atoms with E-state index in [-0.39, 0.29) is 15.9 Å². The number of hydrogen-bond acceptors (Lipinski definition) is 5. The van der Waals surface area contributed by atoms with Gasteiger partial charge in [-0.3, -0.25) is 9.52 Å². The summed E-state index contributed by atoms with van der Waals surface area (Å²) in [6.07, 6.45) is 0.813. The second kappa shape index (κ2) is 7.37. The number of thiazole rings is 1. The number of anilines is 1. The maximum Gasteiger partial charge on any atom is 0.266 e. The first kappa shape index (κ1) is 18.6. The SMILES string of the molecule is Cc1nc(NS(=O)(=O)c2ccccc2)sc1C(=O)N1CCc2ccccc2C1. The van der Waals surface area contributed by atoms with Gasteiger partial charge in [-0.15, -0.1) is 0 Å². The van der Waals surface area contributed by atoms with Gasteiger partial charge in [-0.25, -0.2) is 13.4 Å². The second-order valence-electron chi connectivity index (χ2n) is 6.60. The number of amides is 1. The van der Waals surface area contributed by atoms with E-state index < -0.39 is 10.0 Å². The fraction of sp³-hybridized carbons (Fsp3) is 0.200. The van der Waals surface area contributed by atoms with Gasteiger partial charge in [0.15, 0.2) is 5.13 Å². The molecule has 0 unspecified atom stereocenters. The van der Waals surface area contributed by atoms with Crippen LogP contribution in [0.4, 0.5) is 5.13 Å². The number of carbonyl (C=O) groups is 1. The Morgan fingerprint density at radius 1 is 1.07 bits per heavy atom. The molecule has 4 rings (SSSR count). The van der Waals surface area contributed by atoms with Gasteiger partial charge in [-0.05, 0) is 36.6 Å². The second-order valence-corrected chi connectivity index (χ2v) is 9.28. The summed E-state index contributed by atoms with van der Waals surface area (Å²) < 4.78 is 27.5. The Bertz CT molecular complexity index is 1120. The van der Waals surface area contributed by atoms with Gasteiger partial charge in [0.1, 0.15) is 4.88 Å². The first-order valence-corrected chi connectivity index (χ1v) is 11.2. The molecule has 1 amide bonds. The highest BCUT2D eigenvalue weighted by molar-refractivity contribution is 7.93. The summed E-state index contributed by atoms with van der Waals surface area (Å²) in [4.78, 5) is 19.7.